The molecule has 2 aromatic rings. The molecule has 1 aromatic carbocycles. The molecule has 0 atom stereocenters. The molecule has 0 bridgehead atoms. The van der Waals surface area contributed by atoms with Gasteiger partial charge in [0.25, 0.3) is 0 Å². The van der Waals surface area contributed by atoms with Gasteiger partial charge in [-0.2, -0.15) is 0 Å². The molecule has 1 heterocycles. The van der Waals surface area contributed by atoms with Gasteiger partial charge in [0.1, 0.15) is 5.52 Å². The highest BCUT2D eigenvalue weighted by atomic mass is 79.9. The van der Waals surface area contributed by atoms with E-state index < -0.39 is 0 Å². The molecule has 0 aliphatic rings. The molecule has 3 heteroatoms. The van der Waals surface area contributed by atoms with Crippen LogP contribution in [0.5, 0.6) is 0 Å². The first kappa shape index (κ1) is 6.85. The summed E-state index contributed by atoms with van der Waals surface area (Å²) in [7, 11) is 0. The summed E-state index contributed by atoms with van der Waals surface area (Å²) in [5.41, 5.74) is 1.77. The fourth-order valence-electron chi connectivity index (χ4n) is 0.977. The largest absolute Gasteiger partial charge is 0.440 e. The van der Waals surface area contributed by atoms with Crippen molar-refractivity contribution in [2.45, 2.75) is 5.33 Å². The van der Waals surface area contributed by atoms with Crippen molar-refractivity contribution in [1.82, 2.24) is 4.98 Å². The third-order valence-electron chi connectivity index (χ3n) is 1.45. The van der Waals surface area contributed by atoms with Crippen LogP contribution in [0.15, 0.2) is 28.7 Å². The number of rotatable bonds is 1. The highest BCUT2D eigenvalue weighted by Crippen LogP contribution is 2.15. The number of halogens is 1. The van der Waals surface area contributed by atoms with Crippen molar-refractivity contribution < 1.29 is 4.42 Å². The van der Waals surface area contributed by atoms with E-state index in [9.17, 15) is 0 Å². The number of para-hydroxylation sites is 2. The van der Waals surface area contributed by atoms with Gasteiger partial charge in [-0.1, -0.05) is 28.1 Å². The Bertz CT molecular complexity index is 336. The minimum Gasteiger partial charge on any atom is -0.440 e. The zero-order valence-corrected chi connectivity index (χ0v) is 7.34. The van der Waals surface area contributed by atoms with Gasteiger partial charge in [-0.3, -0.25) is 0 Å². The Kier molecular flexibility index (Phi) is 1.66. The zero-order valence-electron chi connectivity index (χ0n) is 5.75. The van der Waals surface area contributed by atoms with E-state index in [1.54, 1.807) is 0 Å². The minimum absolute atomic E-state index is 0.668. The average Bonchev–Trinajstić information content (AvgIpc) is 2.46. The topological polar surface area (TPSA) is 26.0 Å². The molecule has 0 aliphatic carbocycles. The van der Waals surface area contributed by atoms with E-state index in [0.717, 1.165) is 17.0 Å². The Morgan fingerprint density at radius 2 is 2.18 bits per heavy atom. The van der Waals surface area contributed by atoms with Crippen LogP contribution in [0.2, 0.25) is 0 Å². The van der Waals surface area contributed by atoms with Crippen LogP contribution in [0.4, 0.5) is 0 Å². The summed E-state index contributed by atoms with van der Waals surface area (Å²) in [5.74, 6) is 0.728. The number of hydrogen-bond acceptors (Lipinski definition) is 2. The molecule has 0 N–H and O–H groups in total. The predicted octanol–water partition coefficient (Wildman–Crippen LogP) is 2.72. The molecular weight excluding hydrogens is 206 g/mol. The summed E-state index contributed by atoms with van der Waals surface area (Å²) >= 11 is 3.28. The second-order valence-corrected chi connectivity index (χ2v) is 2.77. The van der Waals surface area contributed by atoms with Gasteiger partial charge in [-0.15, -0.1) is 0 Å². The lowest BCUT2D eigenvalue weighted by Crippen LogP contribution is -1.71. The summed E-state index contributed by atoms with van der Waals surface area (Å²) in [5, 5.41) is 0.668. The van der Waals surface area contributed by atoms with E-state index in [1.807, 2.05) is 24.3 Å². The normalized spacial score (nSPS) is 10.6. The summed E-state index contributed by atoms with van der Waals surface area (Å²) in [6.07, 6.45) is 0. The van der Waals surface area contributed by atoms with Crippen molar-refractivity contribution in [1.29, 1.82) is 0 Å². The fraction of sp³-hybridized carbons (Fsp3) is 0.125. The van der Waals surface area contributed by atoms with Crippen LogP contribution >= 0.6 is 15.9 Å². The van der Waals surface area contributed by atoms with Crippen LogP contribution in [0.1, 0.15) is 5.89 Å². The number of hydrogen-bond donors (Lipinski definition) is 0. The van der Waals surface area contributed by atoms with Crippen molar-refractivity contribution in [3.05, 3.63) is 30.2 Å². The molecule has 1 aromatic heterocycles. The molecule has 2 rings (SSSR count). The molecule has 0 unspecified atom stereocenters. The van der Waals surface area contributed by atoms with Crippen molar-refractivity contribution >= 4 is 27.0 Å². The molecule has 0 amide bonds. The van der Waals surface area contributed by atoms with Gasteiger partial charge >= 0.3 is 0 Å². The average molecular weight is 212 g/mol. The van der Waals surface area contributed by atoms with Crippen molar-refractivity contribution in [2.24, 2.45) is 0 Å². The summed E-state index contributed by atoms with van der Waals surface area (Å²) < 4.78 is 5.36. The Hall–Kier alpha value is -0.830. The third kappa shape index (κ3) is 1.16. The molecular formula is C8H6BrNO. The zero-order chi connectivity index (χ0) is 7.68. The molecule has 0 aliphatic heterocycles. The Labute approximate surface area is 72.4 Å². The van der Waals surface area contributed by atoms with Crippen molar-refractivity contribution in [2.75, 3.05) is 0 Å². The summed E-state index contributed by atoms with van der Waals surface area (Å²) in [4.78, 5) is 4.22. The molecule has 0 fully saturated rings. The standard InChI is InChI=1S/C8H6BrNO/c9-5-8-10-6-3-1-2-4-7(6)11-8/h1-4H,5H2. The first-order chi connectivity index (χ1) is 5.40. The number of fused-ring (bicyclic) bond motifs is 1. The molecule has 0 saturated heterocycles. The van der Waals surface area contributed by atoms with Crippen LogP contribution in [0.25, 0.3) is 11.1 Å². The van der Waals surface area contributed by atoms with Gasteiger partial charge in [0, 0.05) is 0 Å². The van der Waals surface area contributed by atoms with E-state index in [4.69, 9.17) is 4.42 Å². The fourth-order valence-corrected chi connectivity index (χ4v) is 1.22. The lowest BCUT2D eigenvalue weighted by atomic mass is 10.3. The van der Waals surface area contributed by atoms with Crippen molar-refractivity contribution in [3.63, 3.8) is 0 Å². The number of nitrogens with zero attached hydrogens (tertiary/aromatic N) is 1. The minimum atomic E-state index is 0.668. The molecule has 0 radical (unpaired) electrons. The lowest BCUT2D eigenvalue weighted by molar-refractivity contribution is 0.557. The number of benzene rings is 1. The summed E-state index contributed by atoms with van der Waals surface area (Å²) in [6, 6.07) is 7.73. The second-order valence-electron chi connectivity index (χ2n) is 2.21. The number of oxazole rings is 1. The van der Waals surface area contributed by atoms with Crippen LogP contribution in [0, 0.1) is 0 Å². The van der Waals surface area contributed by atoms with Gasteiger partial charge in [0.2, 0.25) is 5.89 Å². The maximum absolute atomic E-state index is 5.36. The van der Waals surface area contributed by atoms with Gasteiger partial charge < -0.3 is 4.42 Å². The second kappa shape index (κ2) is 2.66. The lowest BCUT2D eigenvalue weighted by Gasteiger charge is -1.80. The Balaban J connectivity index is 2.69. The maximum atomic E-state index is 5.36. The van der Waals surface area contributed by atoms with Gasteiger partial charge in [0.15, 0.2) is 5.58 Å². The monoisotopic (exact) mass is 211 g/mol. The maximum Gasteiger partial charge on any atom is 0.206 e. The van der Waals surface area contributed by atoms with Gasteiger partial charge in [-0.25, -0.2) is 4.98 Å². The van der Waals surface area contributed by atoms with Crippen LogP contribution in [-0.4, -0.2) is 4.98 Å². The van der Waals surface area contributed by atoms with E-state index in [1.165, 1.54) is 0 Å². The molecule has 56 valence electrons. The smallest absolute Gasteiger partial charge is 0.206 e. The van der Waals surface area contributed by atoms with Gasteiger partial charge in [0.05, 0.1) is 5.33 Å². The molecule has 0 spiro atoms. The quantitative estimate of drug-likeness (QED) is 0.679. The van der Waals surface area contributed by atoms with E-state index in [2.05, 4.69) is 20.9 Å². The number of aromatic nitrogens is 1. The number of alkyl halides is 1. The Morgan fingerprint density at radius 1 is 1.36 bits per heavy atom. The summed E-state index contributed by atoms with van der Waals surface area (Å²) in [6.45, 7) is 0. The highest BCUT2D eigenvalue weighted by Gasteiger charge is 2.01. The van der Waals surface area contributed by atoms with Crippen LogP contribution < -0.4 is 0 Å². The van der Waals surface area contributed by atoms with Crippen molar-refractivity contribution in [3.8, 4) is 0 Å². The first-order valence-corrected chi connectivity index (χ1v) is 4.43. The van der Waals surface area contributed by atoms with E-state index in [-0.39, 0.29) is 0 Å². The SMILES string of the molecule is BrCc1nc2ccccc2o1. The third-order valence-corrected chi connectivity index (χ3v) is 1.93. The molecule has 0 saturated carbocycles. The first-order valence-electron chi connectivity index (χ1n) is 3.30. The Morgan fingerprint density at radius 3 is 2.91 bits per heavy atom. The predicted molar refractivity (Wildman–Crippen MR) is 46.6 cm³/mol. The van der Waals surface area contributed by atoms with Crippen LogP contribution in [-0.2, 0) is 5.33 Å². The van der Waals surface area contributed by atoms with Crippen LogP contribution in [0.3, 0.4) is 0 Å². The highest BCUT2D eigenvalue weighted by molar-refractivity contribution is 9.08. The molecule has 2 nitrogen and oxygen atoms in total. The van der Waals surface area contributed by atoms with E-state index >= 15 is 0 Å². The van der Waals surface area contributed by atoms with Gasteiger partial charge in [-0.05, 0) is 12.1 Å². The van der Waals surface area contributed by atoms with E-state index in [0.29, 0.717) is 5.33 Å². The molecule has 11 heavy (non-hydrogen) atoms.